The van der Waals surface area contributed by atoms with Gasteiger partial charge in [0.1, 0.15) is 0 Å². The Morgan fingerprint density at radius 2 is 1.89 bits per heavy atom. The van der Waals surface area contributed by atoms with E-state index in [4.69, 9.17) is 5.73 Å². The maximum absolute atomic E-state index is 5.69. The molecule has 1 unspecified atom stereocenters. The predicted octanol–water partition coefficient (Wildman–Crippen LogP) is 3.12. The lowest BCUT2D eigenvalue weighted by Gasteiger charge is -2.32. The fraction of sp³-hybridized carbons (Fsp3) is 0.647. The van der Waals surface area contributed by atoms with E-state index in [1.807, 2.05) is 0 Å². The van der Waals surface area contributed by atoms with Crippen molar-refractivity contribution in [2.75, 3.05) is 19.6 Å². The van der Waals surface area contributed by atoms with Crippen LogP contribution in [0.1, 0.15) is 49.1 Å². The van der Waals surface area contributed by atoms with Crippen LogP contribution >= 0.6 is 0 Å². The number of hydrogen-bond donors (Lipinski definition) is 1. The van der Waals surface area contributed by atoms with Crippen LogP contribution in [0.5, 0.6) is 0 Å². The van der Waals surface area contributed by atoms with Gasteiger partial charge >= 0.3 is 0 Å². The van der Waals surface area contributed by atoms with Crippen molar-refractivity contribution in [3.8, 4) is 0 Å². The molecular formula is C17H26N2. The normalized spacial score (nSPS) is 24.6. The molecule has 0 radical (unpaired) electrons. The predicted molar refractivity (Wildman–Crippen MR) is 80.1 cm³/mol. The van der Waals surface area contributed by atoms with Crippen LogP contribution < -0.4 is 5.73 Å². The molecule has 1 aromatic rings. The van der Waals surface area contributed by atoms with Crippen LogP contribution in [-0.4, -0.2) is 24.5 Å². The topological polar surface area (TPSA) is 29.3 Å². The Morgan fingerprint density at radius 1 is 1.11 bits per heavy atom. The lowest BCUT2D eigenvalue weighted by molar-refractivity contribution is 0.163. The van der Waals surface area contributed by atoms with Gasteiger partial charge in [0.05, 0.1) is 0 Å². The first-order valence-corrected chi connectivity index (χ1v) is 7.86. The zero-order valence-corrected chi connectivity index (χ0v) is 11.9. The average molecular weight is 258 g/mol. The van der Waals surface area contributed by atoms with Crippen molar-refractivity contribution < 1.29 is 0 Å². The minimum Gasteiger partial charge on any atom is -0.330 e. The largest absolute Gasteiger partial charge is 0.330 e. The van der Waals surface area contributed by atoms with Crippen LogP contribution in [0.4, 0.5) is 0 Å². The van der Waals surface area contributed by atoms with Gasteiger partial charge in [0.2, 0.25) is 0 Å². The molecule has 1 aliphatic carbocycles. The van der Waals surface area contributed by atoms with E-state index < -0.39 is 0 Å². The van der Waals surface area contributed by atoms with Crippen molar-refractivity contribution in [1.82, 2.24) is 4.90 Å². The first-order chi connectivity index (χ1) is 9.35. The summed E-state index contributed by atoms with van der Waals surface area (Å²) in [6.45, 7) is 4.45. The van der Waals surface area contributed by atoms with Crippen molar-refractivity contribution in [3.05, 3.63) is 35.4 Å². The number of hydrogen-bond acceptors (Lipinski definition) is 2. The molecule has 0 amide bonds. The average Bonchev–Trinajstić information content (AvgIpc) is 3.25. The summed E-state index contributed by atoms with van der Waals surface area (Å²) in [4.78, 5) is 2.61. The summed E-state index contributed by atoms with van der Waals surface area (Å²) in [7, 11) is 0. The van der Waals surface area contributed by atoms with Gasteiger partial charge in [-0.25, -0.2) is 0 Å². The SMILES string of the molecule is NCCC1CCCN(Cc2ccc(C3CC3)cc2)C1. The summed E-state index contributed by atoms with van der Waals surface area (Å²) in [6.07, 6.45) is 6.69. The van der Waals surface area contributed by atoms with Crippen LogP contribution in [0.2, 0.25) is 0 Å². The highest BCUT2D eigenvalue weighted by Gasteiger charge is 2.23. The van der Waals surface area contributed by atoms with Gasteiger partial charge < -0.3 is 5.73 Å². The minimum absolute atomic E-state index is 0.824. The Hall–Kier alpha value is -0.860. The Balaban J connectivity index is 1.54. The Kier molecular flexibility index (Phi) is 4.19. The van der Waals surface area contributed by atoms with Crippen LogP contribution in [0.3, 0.4) is 0 Å². The van der Waals surface area contributed by atoms with Crippen LogP contribution in [0, 0.1) is 5.92 Å². The van der Waals surface area contributed by atoms with Crippen molar-refractivity contribution in [3.63, 3.8) is 0 Å². The molecule has 2 N–H and O–H groups in total. The van der Waals surface area contributed by atoms with E-state index in [1.165, 1.54) is 50.8 Å². The molecule has 0 bridgehead atoms. The van der Waals surface area contributed by atoms with E-state index in [2.05, 4.69) is 29.2 Å². The van der Waals surface area contributed by atoms with Crippen molar-refractivity contribution in [2.24, 2.45) is 11.7 Å². The third-order valence-electron chi connectivity index (χ3n) is 4.61. The minimum atomic E-state index is 0.824. The van der Waals surface area contributed by atoms with Crippen molar-refractivity contribution in [1.29, 1.82) is 0 Å². The highest BCUT2D eigenvalue weighted by Crippen LogP contribution is 2.39. The zero-order chi connectivity index (χ0) is 13.1. The molecule has 1 aromatic carbocycles. The van der Waals surface area contributed by atoms with Crippen LogP contribution in [0.15, 0.2) is 24.3 Å². The number of piperidine rings is 1. The Labute approximate surface area is 117 Å². The fourth-order valence-corrected chi connectivity index (χ4v) is 3.34. The van der Waals surface area contributed by atoms with Gasteiger partial charge in [-0.3, -0.25) is 4.90 Å². The lowest BCUT2D eigenvalue weighted by atomic mass is 9.94. The summed E-state index contributed by atoms with van der Waals surface area (Å²) < 4.78 is 0. The second kappa shape index (κ2) is 6.06. The van der Waals surface area contributed by atoms with E-state index in [0.29, 0.717) is 0 Å². The van der Waals surface area contributed by atoms with Gasteiger partial charge in [-0.15, -0.1) is 0 Å². The molecule has 104 valence electrons. The van der Waals surface area contributed by atoms with E-state index in [9.17, 15) is 0 Å². The van der Waals surface area contributed by atoms with E-state index in [0.717, 1.165) is 24.9 Å². The van der Waals surface area contributed by atoms with Crippen molar-refractivity contribution in [2.45, 2.75) is 44.6 Å². The summed E-state index contributed by atoms with van der Waals surface area (Å²) in [5, 5.41) is 0. The molecule has 1 heterocycles. The number of nitrogens with zero attached hydrogens (tertiary/aromatic N) is 1. The molecule has 1 aliphatic heterocycles. The highest BCUT2D eigenvalue weighted by molar-refractivity contribution is 5.28. The maximum Gasteiger partial charge on any atom is 0.0233 e. The Morgan fingerprint density at radius 3 is 2.58 bits per heavy atom. The molecule has 2 nitrogen and oxygen atoms in total. The quantitative estimate of drug-likeness (QED) is 0.879. The van der Waals surface area contributed by atoms with Crippen molar-refractivity contribution >= 4 is 0 Å². The first-order valence-electron chi connectivity index (χ1n) is 7.86. The van der Waals surface area contributed by atoms with Gasteiger partial charge in [0.25, 0.3) is 0 Å². The van der Waals surface area contributed by atoms with Gasteiger partial charge in [-0.1, -0.05) is 24.3 Å². The van der Waals surface area contributed by atoms with E-state index >= 15 is 0 Å². The molecule has 1 saturated heterocycles. The summed E-state index contributed by atoms with van der Waals surface area (Å²) in [5.74, 6) is 1.70. The molecule has 0 aromatic heterocycles. The number of likely N-dealkylation sites (tertiary alicyclic amines) is 1. The first kappa shape index (κ1) is 13.1. The highest BCUT2D eigenvalue weighted by atomic mass is 15.1. The van der Waals surface area contributed by atoms with E-state index in [-0.39, 0.29) is 0 Å². The lowest BCUT2D eigenvalue weighted by Crippen LogP contribution is -2.35. The van der Waals surface area contributed by atoms with Crippen LogP contribution in [0.25, 0.3) is 0 Å². The van der Waals surface area contributed by atoms with Gasteiger partial charge in [-0.05, 0) is 68.2 Å². The smallest absolute Gasteiger partial charge is 0.0233 e. The zero-order valence-electron chi connectivity index (χ0n) is 11.9. The second-order valence-corrected chi connectivity index (χ2v) is 6.34. The molecule has 2 heteroatoms. The summed E-state index contributed by atoms with van der Waals surface area (Å²) in [5.41, 5.74) is 8.70. The summed E-state index contributed by atoms with van der Waals surface area (Å²) >= 11 is 0. The molecule has 3 rings (SSSR count). The fourth-order valence-electron chi connectivity index (χ4n) is 3.34. The molecule has 2 aliphatic rings. The standard InChI is InChI=1S/C17H26N2/c18-10-9-14-2-1-11-19(12-14)13-15-3-5-16(6-4-15)17-7-8-17/h3-6,14,17H,1-2,7-13,18H2. The van der Waals surface area contributed by atoms with E-state index in [1.54, 1.807) is 5.56 Å². The van der Waals surface area contributed by atoms with Gasteiger partial charge in [0.15, 0.2) is 0 Å². The molecular weight excluding hydrogens is 232 g/mol. The Bertz CT molecular complexity index is 392. The molecule has 19 heavy (non-hydrogen) atoms. The second-order valence-electron chi connectivity index (χ2n) is 6.34. The number of rotatable bonds is 5. The summed E-state index contributed by atoms with van der Waals surface area (Å²) in [6, 6.07) is 9.35. The van der Waals surface area contributed by atoms with Gasteiger partial charge in [-0.2, -0.15) is 0 Å². The third kappa shape index (κ3) is 3.58. The third-order valence-corrected chi connectivity index (χ3v) is 4.61. The number of benzene rings is 1. The number of nitrogens with two attached hydrogens (primary N) is 1. The molecule has 1 atom stereocenters. The van der Waals surface area contributed by atoms with Crippen LogP contribution in [-0.2, 0) is 6.54 Å². The molecule has 2 fully saturated rings. The molecule has 0 spiro atoms. The maximum atomic E-state index is 5.69. The molecule has 1 saturated carbocycles. The monoisotopic (exact) mass is 258 g/mol. The van der Waals surface area contributed by atoms with Gasteiger partial charge in [0, 0.05) is 13.1 Å².